The van der Waals surface area contributed by atoms with Crippen LogP contribution in [-0.4, -0.2) is 53.5 Å². The average Bonchev–Trinajstić information content (AvgIpc) is 2.82. The third-order valence-corrected chi connectivity index (χ3v) is 6.05. The molecule has 1 aliphatic rings. The van der Waals surface area contributed by atoms with Crippen LogP contribution >= 0.6 is 11.8 Å². The molecule has 2 N–H and O–H groups in total. The fourth-order valence-corrected chi connectivity index (χ4v) is 4.10. The van der Waals surface area contributed by atoms with Gasteiger partial charge in [-0.05, 0) is 49.3 Å². The number of piperidine rings is 1. The average molecular weight is 481 g/mol. The Morgan fingerprint density at radius 1 is 1.09 bits per heavy atom. The molecule has 7 nitrogen and oxygen atoms in total. The van der Waals surface area contributed by atoms with Crippen molar-refractivity contribution in [3.63, 3.8) is 0 Å². The Bertz CT molecular complexity index is 1020. The summed E-state index contributed by atoms with van der Waals surface area (Å²) in [6.07, 6.45) is 0.0816. The minimum absolute atomic E-state index is 0.0437. The van der Waals surface area contributed by atoms with E-state index >= 15 is 0 Å². The molecule has 0 spiro atoms. The number of thioether (sulfide) groups is 1. The van der Waals surface area contributed by atoms with Crippen molar-refractivity contribution in [2.75, 3.05) is 31.2 Å². The maximum atomic E-state index is 13.0. The molecule has 1 fully saturated rings. The van der Waals surface area contributed by atoms with Crippen LogP contribution in [0.4, 0.5) is 18.9 Å². The number of anilines is 1. The van der Waals surface area contributed by atoms with Crippen molar-refractivity contribution in [2.24, 2.45) is 5.92 Å². The number of rotatable bonds is 5. The molecular formula is C22H23F3N4O3S. The van der Waals surface area contributed by atoms with Crippen molar-refractivity contribution in [3.8, 4) is 0 Å². The van der Waals surface area contributed by atoms with Gasteiger partial charge < -0.3 is 15.5 Å². The molecule has 0 bridgehead atoms. The van der Waals surface area contributed by atoms with Gasteiger partial charge in [0.05, 0.1) is 16.8 Å². The second-order valence-electron chi connectivity index (χ2n) is 7.50. The second-order valence-corrected chi connectivity index (χ2v) is 8.30. The highest BCUT2D eigenvalue weighted by atomic mass is 32.2. The predicted molar refractivity (Wildman–Crippen MR) is 118 cm³/mol. The number of nitrogens with one attached hydrogen (secondary N) is 2. The van der Waals surface area contributed by atoms with Crippen LogP contribution in [0.25, 0.3) is 0 Å². The van der Waals surface area contributed by atoms with Crippen LogP contribution in [0.15, 0.2) is 47.6 Å². The lowest BCUT2D eigenvalue weighted by atomic mass is 9.96. The van der Waals surface area contributed by atoms with Gasteiger partial charge in [-0.2, -0.15) is 13.2 Å². The standard InChI is InChI=1S/C22H23F3N4O3S/c1-33-20-15(5-4-10-26-20)21(32)29-11-8-14(9-12-29)13-27-18(30)19(31)28-17-7-3-2-6-16(17)22(23,24)25/h2-7,10,14H,8-9,11-13H2,1H3,(H,27,30)(H,28,31). The monoisotopic (exact) mass is 480 g/mol. The molecule has 0 unspecified atom stereocenters. The Balaban J connectivity index is 1.49. The van der Waals surface area contributed by atoms with Crippen molar-refractivity contribution in [2.45, 2.75) is 24.0 Å². The lowest BCUT2D eigenvalue weighted by Crippen LogP contribution is -2.43. The first-order chi connectivity index (χ1) is 15.7. The van der Waals surface area contributed by atoms with Crippen LogP contribution in [0.5, 0.6) is 0 Å². The molecule has 176 valence electrons. The summed E-state index contributed by atoms with van der Waals surface area (Å²) in [5, 5.41) is 5.16. The molecule has 0 radical (unpaired) electrons. The van der Waals surface area contributed by atoms with Crippen LogP contribution in [0.1, 0.15) is 28.8 Å². The zero-order chi connectivity index (χ0) is 24.0. The molecule has 1 aliphatic heterocycles. The molecule has 2 aromatic rings. The fraction of sp³-hybridized carbons (Fsp3) is 0.364. The van der Waals surface area contributed by atoms with Gasteiger partial charge in [0.1, 0.15) is 5.03 Å². The first-order valence-electron chi connectivity index (χ1n) is 10.2. The van der Waals surface area contributed by atoms with E-state index in [0.717, 1.165) is 12.1 Å². The summed E-state index contributed by atoms with van der Waals surface area (Å²) >= 11 is 1.40. The van der Waals surface area contributed by atoms with E-state index in [-0.39, 0.29) is 18.4 Å². The van der Waals surface area contributed by atoms with Crippen molar-refractivity contribution in [1.82, 2.24) is 15.2 Å². The largest absolute Gasteiger partial charge is 0.418 e. The van der Waals surface area contributed by atoms with E-state index in [1.807, 2.05) is 11.6 Å². The van der Waals surface area contributed by atoms with Crippen LogP contribution in [-0.2, 0) is 15.8 Å². The Hall–Kier alpha value is -3.08. The third kappa shape index (κ3) is 6.25. The first kappa shape index (κ1) is 24.6. The number of hydrogen-bond donors (Lipinski definition) is 2. The Morgan fingerprint density at radius 3 is 2.45 bits per heavy atom. The van der Waals surface area contributed by atoms with E-state index in [9.17, 15) is 27.6 Å². The van der Waals surface area contributed by atoms with Gasteiger partial charge in [-0.25, -0.2) is 4.98 Å². The number of para-hydroxylation sites is 1. The van der Waals surface area contributed by atoms with E-state index < -0.39 is 29.2 Å². The quantitative estimate of drug-likeness (QED) is 0.506. The van der Waals surface area contributed by atoms with E-state index in [1.165, 1.54) is 23.9 Å². The van der Waals surface area contributed by atoms with Gasteiger partial charge in [0.25, 0.3) is 5.91 Å². The van der Waals surface area contributed by atoms with Gasteiger partial charge in [-0.3, -0.25) is 14.4 Å². The number of carbonyl (C=O) groups is 3. The van der Waals surface area contributed by atoms with Crippen LogP contribution in [0.2, 0.25) is 0 Å². The number of hydrogen-bond acceptors (Lipinski definition) is 5. The molecular weight excluding hydrogens is 457 g/mol. The number of amides is 3. The number of alkyl halides is 3. The van der Waals surface area contributed by atoms with Crippen LogP contribution in [0, 0.1) is 5.92 Å². The van der Waals surface area contributed by atoms with Crippen LogP contribution in [0.3, 0.4) is 0 Å². The Labute approximate surface area is 193 Å². The number of nitrogens with zero attached hydrogens (tertiary/aromatic N) is 2. The van der Waals surface area contributed by atoms with Crippen molar-refractivity contribution in [3.05, 3.63) is 53.7 Å². The van der Waals surface area contributed by atoms with Gasteiger partial charge in [-0.1, -0.05) is 12.1 Å². The molecule has 3 rings (SSSR count). The van der Waals surface area contributed by atoms with Gasteiger partial charge in [-0.15, -0.1) is 11.8 Å². The molecule has 1 aromatic carbocycles. The molecule has 0 aliphatic carbocycles. The molecule has 2 heterocycles. The SMILES string of the molecule is CSc1ncccc1C(=O)N1CCC(CNC(=O)C(=O)Nc2ccccc2C(F)(F)F)CC1. The van der Waals surface area contributed by atoms with E-state index in [0.29, 0.717) is 36.5 Å². The molecule has 1 saturated heterocycles. The maximum absolute atomic E-state index is 13.0. The summed E-state index contributed by atoms with van der Waals surface area (Å²) in [6, 6.07) is 7.91. The Morgan fingerprint density at radius 2 is 1.79 bits per heavy atom. The number of benzene rings is 1. The van der Waals surface area contributed by atoms with Crippen molar-refractivity contribution < 1.29 is 27.6 Å². The summed E-state index contributed by atoms with van der Waals surface area (Å²) in [5.74, 6) is -2.23. The molecule has 33 heavy (non-hydrogen) atoms. The van der Waals surface area contributed by atoms with Gasteiger partial charge in [0.15, 0.2) is 0 Å². The van der Waals surface area contributed by atoms with E-state index in [4.69, 9.17) is 0 Å². The zero-order valence-corrected chi connectivity index (χ0v) is 18.6. The van der Waals surface area contributed by atoms with Gasteiger partial charge in [0.2, 0.25) is 0 Å². The summed E-state index contributed by atoms with van der Waals surface area (Å²) in [5.41, 5.74) is -0.953. The molecule has 0 saturated carbocycles. The van der Waals surface area contributed by atoms with Gasteiger partial charge in [0, 0.05) is 25.8 Å². The van der Waals surface area contributed by atoms with Crippen molar-refractivity contribution >= 4 is 35.2 Å². The normalized spacial score (nSPS) is 14.6. The minimum atomic E-state index is -4.65. The minimum Gasteiger partial charge on any atom is -0.348 e. The lowest BCUT2D eigenvalue weighted by molar-refractivity contribution is -0.138. The summed E-state index contributed by atoms with van der Waals surface area (Å²) in [6.45, 7) is 1.18. The first-order valence-corrected chi connectivity index (χ1v) is 11.5. The number of carbonyl (C=O) groups excluding carboxylic acids is 3. The van der Waals surface area contributed by atoms with Crippen molar-refractivity contribution in [1.29, 1.82) is 0 Å². The number of pyridine rings is 1. The second kappa shape index (κ2) is 10.7. The highest BCUT2D eigenvalue weighted by molar-refractivity contribution is 7.98. The summed E-state index contributed by atoms with van der Waals surface area (Å²) < 4.78 is 39.1. The number of aromatic nitrogens is 1. The zero-order valence-electron chi connectivity index (χ0n) is 17.8. The van der Waals surface area contributed by atoms with E-state index in [1.54, 1.807) is 23.2 Å². The fourth-order valence-electron chi connectivity index (χ4n) is 3.56. The number of likely N-dealkylation sites (tertiary alicyclic amines) is 1. The summed E-state index contributed by atoms with van der Waals surface area (Å²) in [4.78, 5) is 42.9. The molecule has 0 atom stereocenters. The summed E-state index contributed by atoms with van der Waals surface area (Å²) in [7, 11) is 0. The molecule has 1 aromatic heterocycles. The predicted octanol–water partition coefficient (Wildman–Crippen LogP) is 3.43. The number of halogens is 3. The lowest BCUT2D eigenvalue weighted by Gasteiger charge is -2.32. The van der Waals surface area contributed by atoms with E-state index in [2.05, 4.69) is 10.3 Å². The molecule has 11 heteroatoms. The van der Waals surface area contributed by atoms with Gasteiger partial charge >= 0.3 is 18.0 Å². The highest BCUT2D eigenvalue weighted by Gasteiger charge is 2.34. The third-order valence-electron chi connectivity index (χ3n) is 5.33. The van der Waals surface area contributed by atoms with Crippen LogP contribution < -0.4 is 10.6 Å². The highest BCUT2D eigenvalue weighted by Crippen LogP contribution is 2.34. The topological polar surface area (TPSA) is 91.4 Å². The molecule has 3 amide bonds. The smallest absolute Gasteiger partial charge is 0.348 e. The maximum Gasteiger partial charge on any atom is 0.418 e. The Kier molecular flexibility index (Phi) is 7.96.